The van der Waals surface area contributed by atoms with Crippen molar-refractivity contribution in [3.63, 3.8) is 0 Å². The number of rotatable bonds is 26. The van der Waals surface area contributed by atoms with Gasteiger partial charge in [0.15, 0.2) is 5.96 Å². The Kier molecular flexibility index (Phi) is 20.8. The molecule has 21 heteroatoms. The van der Waals surface area contributed by atoms with Crippen molar-refractivity contribution in [1.82, 2.24) is 26.6 Å². The Morgan fingerprint density at radius 1 is 0.698 bits per heavy atom. The van der Waals surface area contributed by atoms with Crippen LogP contribution in [0.4, 0.5) is 0 Å². The average molecular weight is 750 g/mol. The van der Waals surface area contributed by atoms with E-state index in [9.17, 15) is 48.6 Å². The van der Waals surface area contributed by atoms with E-state index in [1.807, 2.05) is 0 Å². The molecule has 0 heterocycles. The van der Waals surface area contributed by atoms with E-state index in [1.165, 1.54) is 0 Å². The molecule has 1 aromatic carbocycles. The number of aliphatic carboxylic acids is 2. The monoisotopic (exact) mass is 749 g/mol. The van der Waals surface area contributed by atoms with Gasteiger partial charge in [0.25, 0.3) is 0 Å². The van der Waals surface area contributed by atoms with Crippen LogP contribution in [0.15, 0.2) is 35.3 Å². The quantitative estimate of drug-likeness (QED) is 0.0242. The lowest BCUT2D eigenvalue weighted by molar-refractivity contribution is -0.143. The van der Waals surface area contributed by atoms with E-state index in [0.717, 1.165) is 0 Å². The minimum atomic E-state index is -1.72. The standard InChI is InChI=1S/C32H51N11O10/c33-13-5-4-9-19(34)27(48)41-21(11-12-24(35)44)29(50)42-20(10-6-14-38-32(36)37)28(49)39-17-25(45)40-22(16-26(46)47)30(51)43-23(31(52)53)15-18-7-2-1-3-8-18/h1-3,7-8,19-23H,4-6,9-17,33-34H2,(H2,35,44)(H,39,49)(H,40,45)(H,41,48)(H,42,50)(H,43,51)(H,46,47)(H,52,53)(H4,36,37,38)/t19-,20-,21-,22-,23-/m0/s1. The number of carbonyl (C=O) groups is 8. The zero-order valence-electron chi connectivity index (χ0n) is 29.3. The van der Waals surface area contributed by atoms with E-state index in [2.05, 4.69) is 31.6 Å². The number of hydrogen-bond donors (Lipinski definition) is 12. The zero-order valence-corrected chi connectivity index (χ0v) is 29.3. The molecule has 0 fully saturated rings. The molecule has 6 amide bonds. The molecule has 53 heavy (non-hydrogen) atoms. The third kappa shape index (κ3) is 19.4. The second kappa shape index (κ2) is 24.4. The summed E-state index contributed by atoms with van der Waals surface area (Å²) in [5, 5.41) is 30.6. The Bertz CT molecular complexity index is 1440. The maximum absolute atomic E-state index is 13.3. The number of hydrogen-bond acceptors (Lipinski definition) is 11. The fraction of sp³-hybridized carbons (Fsp3) is 0.531. The molecule has 0 bridgehead atoms. The number of carbonyl (C=O) groups excluding carboxylic acids is 6. The summed E-state index contributed by atoms with van der Waals surface area (Å²) in [5.41, 5.74) is 27.9. The largest absolute Gasteiger partial charge is 0.481 e. The Balaban J connectivity index is 3.05. The number of guanidine groups is 1. The lowest BCUT2D eigenvalue weighted by atomic mass is 10.1. The van der Waals surface area contributed by atoms with E-state index in [1.54, 1.807) is 30.3 Å². The van der Waals surface area contributed by atoms with Crippen molar-refractivity contribution in [2.45, 2.75) is 88.0 Å². The zero-order chi connectivity index (χ0) is 39.9. The van der Waals surface area contributed by atoms with Crippen molar-refractivity contribution < 1.29 is 48.6 Å². The molecule has 0 spiro atoms. The van der Waals surface area contributed by atoms with Gasteiger partial charge < -0.3 is 65.5 Å². The number of aliphatic imine (C=N–C) groups is 1. The van der Waals surface area contributed by atoms with Crippen LogP contribution in [0.25, 0.3) is 0 Å². The topological polar surface area (TPSA) is 380 Å². The van der Waals surface area contributed by atoms with Gasteiger partial charge in [-0.05, 0) is 44.2 Å². The maximum atomic E-state index is 13.3. The second-order valence-electron chi connectivity index (χ2n) is 12.0. The molecule has 1 aromatic rings. The number of benzene rings is 1. The first-order valence-corrected chi connectivity index (χ1v) is 16.8. The number of nitrogens with zero attached hydrogens (tertiary/aromatic N) is 1. The summed E-state index contributed by atoms with van der Waals surface area (Å²) in [7, 11) is 0. The lowest BCUT2D eigenvalue weighted by Gasteiger charge is -2.24. The molecule has 0 aliphatic heterocycles. The minimum absolute atomic E-state index is 0.0511. The van der Waals surface area contributed by atoms with Crippen molar-refractivity contribution in [2.24, 2.45) is 33.7 Å². The third-order valence-corrected chi connectivity index (χ3v) is 7.55. The van der Waals surface area contributed by atoms with Crippen molar-refractivity contribution in [3.05, 3.63) is 35.9 Å². The van der Waals surface area contributed by atoms with Crippen LogP contribution in [-0.4, -0.2) is 113 Å². The van der Waals surface area contributed by atoms with E-state index < -0.39 is 90.6 Å². The Morgan fingerprint density at radius 2 is 1.30 bits per heavy atom. The van der Waals surface area contributed by atoms with Gasteiger partial charge in [-0.1, -0.05) is 36.8 Å². The molecule has 0 aliphatic carbocycles. The summed E-state index contributed by atoms with van der Waals surface area (Å²) >= 11 is 0. The summed E-state index contributed by atoms with van der Waals surface area (Å²) in [6.45, 7) is -0.350. The molecule has 0 radical (unpaired) electrons. The van der Waals surface area contributed by atoms with Crippen molar-refractivity contribution >= 4 is 53.3 Å². The Morgan fingerprint density at radius 3 is 1.89 bits per heavy atom. The van der Waals surface area contributed by atoms with Crippen LogP contribution in [0.1, 0.15) is 56.9 Å². The van der Waals surface area contributed by atoms with Crippen LogP contribution in [0, 0.1) is 0 Å². The van der Waals surface area contributed by atoms with Gasteiger partial charge in [-0.25, -0.2) is 4.79 Å². The summed E-state index contributed by atoms with van der Waals surface area (Å²) < 4.78 is 0. The molecule has 5 atom stereocenters. The summed E-state index contributed by atoms with van der Waals surface area (Å²) in [6.07, 6.45) is -0.0514. The SMILES string of the molecule is NCCCC[C@H](N)C(=O)N[C@@H](CCC(N)=O)C(=O)N[C@@H](CCCN=C(N)N)C(=O)NCC(=O)N[C@@H](CC(=O)O)C(=O)N[C@@H](Cc1ccccc1)C(=O)O. The van der Waals surface area contributed by atoms with Crippen LogP contribution < -0.4 is 55.3 Å². The highest BCUT2D eigenvalue weighted by molar-refractivity contribution is 5.96. The van der Waals surface area contributed by atoms with Crippen LogP contribution in [0.3, 0.4) is 0 Å². The first-order chi connectivity index (χ1) is 25.0. The number of nitrogens with two attached hydrogens (primary N) is 5. The highest BCUT2D eigenvalue weighted by atomic mass is 16.4. The highest BCUT2D eigenvalue weighted by Crippen LogP contribution is 2.07. The Labute approximate surface area is 305 Å². The second-order valence-corrected chi connectivity index (χ2v) is 12.0. The Hall–Kier alpha value is -5.83. The first kappa shape index (κ1) is 45.2. The molecular formula is C32H51N11O10. The normalized spacial score (nSPS) is 13.5. The molecule has 294 valence electrons. The van der Waals surface area contributed by atoms with Gasteiger partial charge in [-0.15, -0.1) is 0 Å². The number of carboxylic acid groups (broad SMARTS) is 2. The molecule has 0 aromatic heterocycles. The molecule has 0 unspecified atom stereocenters. The third-order valence-electron chi connectivity index (χ3n) is 7.55. The van der Waals surface area contributed by atoms with Gasteiger partial charge in [0.2, 0.25) is 35.4 Å². The number of primary amides is 1. The maximum Gasteiger partial charge on any atom is 0.326 e. The fourth-order valence-electron chi connectivity index (χ4n) is 4.76. The van der Waals surface area contributed by atoms with E-state index >= 15 is 0 Å². The molecule has 17 N–H and O–H groups in total. The molecule has 0 aliphatic rings. The lowest BCUT2D eigenvalue weighted by Crippen LogP contribution is -2.57. The summed E-state index contributed by atoms with van der Waals surface area (Å²) in [6, 6.07) is 1.47. The molecule has 0 saturated heterocycles. The van der Waals surface area contributed by atoms with Crippen LogP contribution >= 0.6 is 0 Å². The predicted octanol–water partition coefficient (Wildman–Crippen LogP) is -4.38. The van der Waals surface area contributed by atoms with Gasteiger partial charge in [0.05, 0.1) is 19.0 Å². The van der Waals surface area contributed by atoms with E-state index in [0.29, 0.717) is 24.9 Å². The van der Waals surface area contributed by atoms with Crippen LogP contribution in [0.5, 0.6) is 0 Å². The van der Waals surface area contributed by atoms with Crippen molar-refractivity contribution in [2.75, 3.05) is 19.6 Å². The number of unbranched alkanes of at least 4 members (excludes halogenated alkanes) is 1. The van der Waals surface area contributed by atoms with Gasteiger partial charge in [0.1, 0.15) is 24.2 Å². The number of carboxylic acids is 2. The molecule has 21 nitrogen and oxygen atoms in total. The summed E-state index contributed by atoms with van der Waals surface area (Å²) in [4.78, 5) is 104. The fourth-order valence-corrected chi connectivity index (χ4v) is 4.76. The van der Waals surface area contributed by atoms with E-state index in [-0.39, 0.29) is 51.0 Å². The molecule has 0 saturated carbocycles. The van der Waals surface area contributed by atoms with Crippen LogP contribution in [-0.2, 0) is 44.8 Å². The summed E-state index contributed by atoms with van der Waals surface area (Å²) in [5.74, 6) is -8.44. The van der Waals surface area contributed by atoms with Gasteiger partial charge in [-0.2, -0.15) is 0 Å². The molecule has 1 rings (SSSR count). The van der Waals surface area contributed by atoms with Crippen molar-refractivity contribution in [1.29, 1.82) is 0 Å². The van der Waals surface area contributed by atoms with Gasteiger partial charge in [-0.3, -0.25) is 38.6 Å². The van der Waals surface area contributed by atoms with Gasteiger partial charge >= 0.3 is 11.9 Å². The first-order valence-electron chi connectivity index (χ1n) is 16.8. The van der Waals surface area contributed by atoms with E-state index in [4.69, 9.17) is 28.7 Å². The highest BCUT2D eigenvalue weighted by Gasteiger charge is 2.31. The predicted molar refractivity (Wildman–Crippen MR) is 190 cm³/mol. The molecular weight excluding hydrogens is 698 g/mol. The number of amides is 6. The van der Waals surface area contributed by atoms with Crippen LogP contribution in [0.2, 0.25) is 0 Å². The smallest absolute Gasteiger partial charge is 0.326 e. The van der Waals surface area contributed by atoms with Gasteiger partial charge in [0, 0.05) is 19.4 Å². The minimum Gasteiger partial charge on any atom is -0.481 e. The van der Waals surface area contributed by atoms with Crippen molar-refractivity contribution in [3.8, 4) is 0 Å². The average Bonchev–Trinajstić information content (AvgIpc) is 3.09. The number of nitrogens with one attached hydrogen (secondary N) is 5.